The fourth-order valence-corrected chi connectivity index (χ4v) is 1.58. The van der Waals surface area contributed by atoms with Crippen molar-refractivity contribution in [2.75, 3.05) is 31.7 Å². The molecule has 0 aromatic heterocycles. The van der Waals surface area contributed by atoms with E-state index in [4.69, 9.17) is 4.74 Å². The summed E-state index contributed by atoms with van der Waals surface area (Å²) in [5.74, 6) is 0.408. The Morgan fingerprint density at radius 1 is 1.36 bits per heavy atom. The maximum atomic E-state index is 11.1. The minimum Gasteiger partial charge on any atom is -0.377 e. The van der Waals surface area contributed by atoms with Crippen LogP contribution in [0.2, 0.25) is 0 Å². The van der Waals surface area contributed by atoms with Crippen LogP contribution in [0.1, 0.15) is 20.8 Å². The molecule has 0 fully saturated rings. The predicted octanol–water partition coefficient (Wildman–Crippen LogP) is 0.436. The van der Waals surface area contributed by atoms with Gasteiger partial charge < -0.3 is 10.1 Å². The molecule has 0 rings (SSSR count). The minimum atomic E-state index is -2.85. The zero-order chi connectivity index (χ0) is 11.2. The Morgan fingerprint density at radius 3 is 2.36 bits per heavy atom. The number of methoxy groups -OCH3 is 1. The van der Waals surface area contributed by atoms with Gasteiger partial charge in [0.05, 0.1) is 11.4 Å². The van der Waals surface area contributed by atoms with Gasteiger partial charge in [-0.3, -0.25) is 0 Å². The zero-order valence-corrected chi connectivity index (χ0v) is 10.3. The van der Waals surface area contributed by atoms with Crippen molar-refractivity contribution in [2.45, 2.75) is 26.4 Å². The normalized spacial score (nSPS) is 13.1. The second kappa shape index (κ2) is 5.68. The summed E-state index contributed by atoms with van der Waals surface area (Å²) in [6.07, 6.45) is 0. The van der Waals surface area contributed by atoms with E-state index in [0.717, 1.165) is 0 Å². The van der Waals surface area contributed by atoms with Gasteiger partial charge in [-0.2, -0.15) is 0 Å². The van der Waals surface area contributed by atoms with Crippen LogP contribution in [-0.4, -0.2) is 45.7 Å². The molecule has 0 spiro atoms. The van der Waals surface area contributed by atoms with Gasteiger partial charge in [0.1, 0.15) is 0 Å². The number of hydrogen-bond donors (Lipinski definition) is 1. The third-order valence-corrected chi connectivity index (χ3v) is 3.84. The molecule has 86 valence electrons. The monoisotopic (exact) mass is 223 g/mol. The lowest BCUT2D eigenvalue weighted by molar-refractivity contribution is 0.0238. The third-order valence-electron chi connectivity index (χ3n) is 2.13. The highest BCUT2D eigenvalue weighted by Crippen LogP contribution is 2.04. The number of hydrogen-bond acceptors (Lipinski definition) is 4. The van der Waals surface area contributed by atoms with E-state index in [1.54, 1.807) is 14.0 Å². The molecule has 0 aliphatic heterocycles. The van der Waals surface area contributed by atoms with Gasteiger partial charge in [0.2, 0.25) is 0 Å². The molecule has 14 heavy (non-hydrogen) atoms. The molecule has 0 amide bonds. The zero-order valence-electron chi connectivity index (χ0n) is 9.46. The molecule has 4 nitrogen and oxygen atoms in total. The van der Waals surface area contributed by atoms with Crippen LogP contribution in [0.15, 0.2) is 0 Å². The lowest BCUT2D eigenvalue weighted by Crippen LogP contribution is -2.38. The molecule has 0 saturated carbocycles. The van der Waals surface area contributed by atoms with Crippen LogP contribution in [0.4, 0.5) is 0 Å². The van der Waals surface area contributed by atoms with E-state index < -0.39 is 9.84 Å². The van der Waals surface area contributed by atoms with Crippen LogP contribution in [0.5, 0.6) is 0 Å². The fraction of sp³-hybridized carbons (Fsp3) is 1.00. The lowest BCUT2D eigenvalue weighted by Gasteiger charge is -2.23. The first-order chi connectivity index (χ1) is 6.33. The molecule has 5 heteroatoms. The van der Waals surface area contributed by atoms with E-state index in [-0.39, 0.29) is 17.1 Å². The van der Waals surface area contributed by atoms with Gasteiger partial charge in [-0.15, -0.1) is 0 Å². The largest absolute Gasteiger partial charge is 0.377 e. The van der Waals surface area contributed by atoms with Crippen LogP contribution >= 0.6 is 0 Å². The first-order valence-corrected chi connectivity index (χ1v) is 6.61. The Bertz CT molecular complexity index is 247. The van der Waals surface area contributed by atoms with Crippen molar-refractivity contribution < 1.29 is 13.2 Å². The number of ether oxygens (including phenoxy) is 1. The van der Waals surface area contributed by atoms with Crippen molar-refractivity contribution in [3.05, 3.63) is 0 Å². The van der Waals surface area contributed by atoms with E-state index >= 15 is 0 Å². The molecule has 0 bridgehead atoms. The summed E-state index contributed by atoms with van der Waals surface area (Å²) in [5, 5.41) is 3.06. The topological polar surface area (TPSA) is 55.4 Å². The molecule has 0 saturated heterocycles. The molecule has 0 heterocycles. The minimum absolute atomic E-state index is 0.198. The molecular formula is C9H21NO3S. The fourth-order valence-electron chi connectivity index (χ4n) is 0.834. The van der Waals surface area contributed by atoms with Crippen molar-refractivity contribution in [3.8, 4) is 0 Å². The number of sulfone groups is 1. The Kier molecular flexibility index (Phi) is 5.63. The van der Waals surface area contributed by atoms with E-state index in [1.807, 2.05) is 13.8 Å². The first kappa shape index (κ1) is 13.9. The molecule has 0 aliphatic carbocycles. The maximum absolute atomic E-state index is 11.1. The average Bonchev–Trinajstić information content (AvgIpc) is 2.13. The van der Waals surface area contributed by atoms with Crippen LogP contribution in [-0.2, 0) is 14.6 Å². The highest BCUT2D eigenvalue weighted by Gasteiger charge is 2.15. The molecule has 0 atom stereocenters. The van der Waals surface area contributed by atoms with Crippen LogP contribution in [0.3, 0.4) is 0 Å². The van der Waals surface area contributed by atoms with E-state index in [2.05, 4.69) is 5.32 Å². The molecule has 0 aromatic rings. The quantitative estimate of drug-likeness (QED) is 0.636. The van der Waals surface area contributed by atoms with Gasteiger partial charge in [0.25, 0.3) is 0 Å². The lowest BCUT2D eigenvalue weighted by atomic mass is 10.1. The average molecular weight is 223 g/mol. The molecule has 0 radical (unpaired) electrons. The molecule has 0 aromatic carbocycles. The van der Waals surface area contributed by atoms with Crippen molar-refractivity contribution in [1.29, 1.82) is 0 Å². The van der Waals surface area contributed by atoms with Crippen LogP contribution in [0, 0.1) is 0 Å². The van der Waals surface area contributed by atoms with Gasteiger partial charge >= 0.3 is 0 Å². The molecule has 1 N–H and O–H groups in total. The van der Waals surface area contributed by atoms with Crippen LogP contribution in [0.25, 0.3) is 0 Å². The summed E-state index contributed by atoms with van der Waals surface area (Å²) in [5.41, 5.74) is -0.240. The van der Waals surface area contributed by atoms with Gasteiger partial charge in [0.15, 0.2) is 9.84 Å². The SMILES string of the molecule is CCS(=O)(=O)CCNCC(C)(C)OC. The summed E-state index contributed by atoms with van der Waals surface area (Å²) in [7, 11) is -1.20. The van der Waals surface area contributed by atoms with Gasteiger partial charge in [-0.25, -0.2) is 8.42 Å². The summed E-state index contributed by atoms with van der Waals surface area (Å²) in [6.45, 7) is 6.71. The molecule has 0 unspecified atom stereocenters. The standard InChI is InChI=1S/C9H21NO3S/c1-5-14(11,12)7-6-10-8-9(2,3)13-4/h10H,5-8H2,1-4H3. The van der Waals surface area contributed by atoms with Crippen molar-refractivity contribution in [2.24, 2.45) is 0 Å². The Hall–Kier alpha value is -0.130. The summed E-state index contributed by atoms with van der Waals surface area (Å²) >= 11 is 0. The summed E-state index contributed by atoms with van der Waals surface area (Å²) < 4.78 is 27.4. The second-order valence-corrected chi connectivity index (χ2v) is 6.35. The van der Waals surface area contributed by atoms with Gasteiger partial charge in [0, 0.05) is 26.0 Å². The molecular weight excluding hydrogens is 202 g/mol. The third kappa shape index (κ3) is 6.34. The molecule has 0 aliphatic rings. The Morgan fingerprint density at radius 2 is 1.93 bits per heavy atom. The maximum Gasteiger partial charge on any atom is 0.151 e. The summed E-state index contributed by atoms with van der Waals surface area (Å²) in [6, 6.07) is 0. The number of rotatable bonds is 7. The van der Waals surface area contributed by atoms with Gasteiger partial charge in [-0.05, 0) is 13.8 Å². The van der Waals surface area contributed by atoms with Crippen molar-refractivity contribution in [1.82, 2.24) is 5.32 Å². The highest BCUT2D eigenvalue weighted by atomic mass is 32.2. The van der Waals surface area contributed by atoms with E-state index in [1.165, 1.54) is 0 Å². The Balaban J connectivity index is 3.68. The van der Waals surface area contributed by atoms with E-state index in [0.29, 0.717) is 13.1 Å². The van der Waals surface area contributed by atoms with Crippen molar-refractivity contribution >= 4 is 9.84 Å². The van der Waals surface area contributed by atoms with Crippen molar-refractivity contribution in [3.63, 3.8) is 0 Å². The first-order valence-electron chi connectivity index (χ1n) is 4.79. The van der Waals surface area contributed by atoms with Crippen LogP contribution < -0.4 is 5.32 Å². The smallest absolute Gasteiger partial charge is 0.151 e. The van der Waals surface area contributed by atoms with Gasteiger partial charge in [-0.1, -0.05) is 6.92 Å². The second-order valence-electron chi connectivity index (χ2n) is 3.88. The predicted molar refractivity (Wildman–Crippen MR) is 58.3 cm³/mol. The number of nitrogens with one attached hydrogen (secondary N) is 1. The van der Waals surface area contributed by atoms with E-state index in [9.17, 15) is 8.42 Å². The summed E-state index contributed by atoms with van der Waals surface area (Å²) in [4.78, 5) is 0. The highest BCUT2D eigenvalue weighted by molar-refractivity contribution is 7.91. The Labute approximate surface area is 86.9 Å².